The zero-order chi connectivity index (χ0) is 15.4. The second-order valence-electron chi connectivity index (χ2n) is 4.96. The molecule has 8 heteroatoms. The van der Waals surface area contributed by atoms with Gasteiger partial charge >= 0.3 is 0 Å². The number of nitrogens with two attached hydrogens (primary N) is 1. The molecule has 0 radical (unpaired) electrons. The lowest BCUT2D eigenvalue weighted by atomic mass is 10.2. The number of thiazole rings is 1. The maximum atomic E-state index is 12.9. The monoisotopic (exact) mass is 379 g/mol. The Balaban J connectivity index is 0.00000242. The van der Waals surface area contributed by atoms with E-state index in [0.717, 1.165) is 12.0 Å². The molecular weight excluding hydrogens is 360 g/mol. The van der Waals surface area contributed by atoms with Gasteiger partial charge in [-0.1, -0.05) is 0 Å². The molecule has 0 saturated carbocycles. The van der Waals surface area contributed by atoms with Crippen LogP contribution in [0.15, 0.2) is 24.3 Å². The molecule has 1 aromatic heterocycles. The van der Waals surface area contributed by atoms with Gasteiger partial charge in [-0.15, -0.1) is 36.2 Å². The van der Waals surface area contributed by atoms with Gasteiger partial charge in [0.25, 0.3) is 5.91 Å². The number of hydrogen-bond donors (Lipinski definition) is 2. The lowest BCUT2D eigenvalue weighted by molar-refractivity contribution is 0.0956. The molecule has 2 rings (SSSR count). The lowest BCUT2D eigenvalue weighted by Crippen LogP contribution is -2.28. The molecule has 1 unspecified atom stereocenters. The van der Waals surface area contributed by atoms with Crippen molar-refractivity contribution in [1.29, 1.82) is 0 Å². The number of rotatable bonds is 5. The second-order valence-corrected chi connectivity index (χ2v) is 5.96. The van der Waals surface area contributed by atoms with Crippen molar-refractivity contribution in [3.05, 3.63) is 40.7 Å². The van der Waals surface area contributed by atoms with Gasteiger partial charge < -0.3 is 11.1 Å². The Kier molecular flexibility index (Phi) is 9.31. The number of halogens is 3. The Morgan fingerprint density at radius 1 is 1.35 bits per heavy atom. The fourth-order valence-electron chi connectivity index (χ4n) is 1.82. The van der Waals surface area contributed by atoms with Gasteiger partial charge in [-0.25, -0.2) is 9.37 Å². The molecule has 2 aromatic rings. The summed E-state index contributed by atoms with van der Waals surface area (Å²) in [7, 11) is 0. The van der Waals surface area contributed by atoms with Crippen LogP contribution in [0.5, 0.6) is 0 Å². The topological polar surface area (TPSA) is 68.0 Å². The molecule has 0 bridgehead atoms. The number of carbonyl (C=O) groups excluding carboxylic acids is 1. The minimum Gasteiger partial charge on any atom is -0.351 e. The summed E-state index contributed by atoms with van der Waals surface area (Å²) in [5, 5.41) is 3.55. The van der Waals surface area contributed by atoms with Crippen molar-refractivity contribution in [2.75, 3.05) is 6.54 Å². The molecule has 1 amide bonds. The Bertz CT molecular complexity index is 632. The van der Waals surface area contributed by atoms with Crippen LogP contribution < -0.4 is 11.1 Å². The summed E-state index contributed by atoms with van der Waals surface area (Å²) in [6.45, 7) is 4.24. The number of aromatic nitrogens is 1. The average Bonchev–Trinajstić information content (AvgIpc) is 2.81. The van der Waals surface area contributed by atoms with Crippen molar-refractivity contribution >= 4 is 42.1 Å². The SMILES string of the molecule is Cc1nc(-c2ccc(F)cc2)sc1C(=O)NCCC(C)N.Cl.Cl. The minimum atomic E-state index is -0.291. The van der Waals surface area contributed by atoms with Crippen molar-refractivity contribution in [2.45, 2.75) is 26.3 Å². The van der Waals surface area contributed by atoms with Gasteiger partial charge in [0.2, 0.25) is 0 Å². The van der Waals surface area contributed by atoms with Crippen LogP contribution in [0.3, 0.4) is 0 Å². The third-order valence-corrected chi connectivity index (χ3v) is 4.18. The van der Waals surface area contributed by atoms with Gasteiger partial charge in [0.1, 0.15) is 15.7 Å². The first kappa shape index (κ1) is 21.8. The summed E-state index contributed by atoms with van der Waals surface area (Å²) in [5.74, 6) is -0.431. The first-order valence-corrected chi connectivity index (χ1v) is 7.56. The van der Waals surface area contributed by atoms with Crippen LogP contribution in [0.25, 0.3) is 10.6 Å². The van der Waals surface area contributed by atoms with Gasteiger partial charge in [0, 0.05) is 18.2 Å². The maximum absolute atomic E-state index is 12.9. The maximum Gasteiger partial charge on any atom is 0.263 e. The van der Waals surface area contributed by atoms with E-state index in [2.05, 4.69) is 10.3 Å². The van der Waals surface area contributed by atoms with Crippen LogP contribution in [0.1, 0.15) is 28.7 Å². The van der Waals surface area contributed by atoms with Crippen LogP contribution in [0.2, 0.25) is 0 Å². The van der Waals surface area contributed by atoms with Crippen LogP contribution >= 0.6 is 36.2 Å². The first-order valence-electron chi connectivity index (χ1n) is 6.74. The molecule has 0 fully saturated rings. The number of hydrogen-bond acceptors (Lipinski definition) is 4. The molecule has 1 atom stereocenters. The standard InChI is InChI=1S/C15H18FN3OS.2ClH/c1-9(17)7-8-18-14(20)13-10(2)19-15(21-13)11-3-5-12(16)6-4-11;;/h3-6,9H,7-8,17H2,1-2H3,(H,18,20);2*1H. The van der Waals surface area contributed by atoms with Crippen molar-refractivity contribution < 1.29 is 9.18 Å². The quantitative estimate of drug-likeness (QED) is 0.833. The lowest BCUT2D eigenvalue weighted by Gasteiger charge is -2.06. The zero-order valence-electron chi connectivity index (χ0n) is 12.8. The molecule has 0 aliphatic rings. The smallest absolute Gasteiger partial charge is 0.263 e. The number of carbonyl (C=O) groups is 1. The van der Waals surface area contributed by atoms with Crippen LogP contribution in [-0.2, 0) is 0 Å². The van der Waals surface area contributed by atoms with Crippen LogP contribution in [0, 0.1) is 12.7 Å². The highest BCUT2D eigenvalue weighted by atomic mass is 35.5. The molecule has 0 saturated heterocycles. The molecule has 0 spiro atoms. The highest BCUT2D eigenvalue weighted by Crippen LogP contribution is 2.27. The summed E-state index contributed by atoms with van der Waals surface area (Å²) >= 11 is 1.31. The van der Waals surface area contributed by atoms with Crippen LogP contribution in [0.4, 0.5) is 4.39 Å². The van der Waals surface area contributed by atoms with Gasteiger partial charge in [0.15, 0.2) is 0 Å². The Labute approximate surface area is 151 Å². The van der Waals surface area contributed by atoms with E-state index in [0.29, 0.717) is 22.1 Å². The molecule has 23 heavy (non-hydrogen) atoms. The van der Waals surface area contributed by atoms with E-state index in [9.17, 15) is 9.18 Å². The highest BCUT2D eigenvalue weighted by Gasteiger charge is 2.16. The number of benzene rings is 1. The van der Waals surface area contributed by atoms with E-state index in [4.69, 9.17) is 5.73 Å². The van der Waals surface area contributed by atoms with Gasteiger partial charge in [-0.2, -0.15) is 0 Å². The van der Waals surface area contributed by atoms with Crippen molar-refractivity contribution in [1.82, 2.24) is 10.3 Å². The molecule has 3 N–H and O–H groups in total. The molecule has 0 aliphatic heterocycles. The number of aryl methyl sites for hydroxylation is 1. The summed E-state index contributed by atoms with van der Waals surface area (Å²) in [6.07, 6.45) is 0.731. The minimum absolute atomic E-state index is 0. The largest absolute Gasteiger partial charge is 0.351 e. The van der Waals surface area contributed by atoms with Gasteiger partial charge in [-0.3, -0.25) is 4.79 Å². The molecular formula is C15H20Cl2FN3OS. The van der Waals surface area contributed by atoms with Crippen molar-refractivity contribution in [3.63, 3.8) is 0 Å². The molecule has 128 valence electrons. The zero-order valence-corrected chi connectivity index (χ0v) is 15.3. The highest BCUT2D eigenvalue weighted by molar-refractivity contribution is 7.17. The van der Waals surface area contributed by atoms with Gasteiger partial charge in [0.05, 0.1) is 5.69 Å². The average molecular weight is 380 g/mol. The second kappa shape index (κ2) is 9.82. The van der Waals surface area contributed by atoms with E-state index in [1.807, 2.05) is 6.92 Å². The number of nitrogens with zero attached hydrogens (tertiary/aromatic N) is 1. The normalized spacial score (nSPS) is 11.1. The van der Waals surface area contributed by atoms with E-state index >= 15 is 0 Å². The third kappa shape index (κ3) is 6.06. The summed E-state index contributed by atoms with van der Waals surface area (Å²) in [6, 6.07) is 6.14. The number of amides is 1. The molecule has 1 aromatic carbocycles. The fourth-order valence-corrected chi connectivity index (χ4v) is 2.80. The van der Waals surface area contributed by atoms with Crippen molar-refractivity contribution in [3.8, 4) is 10.6 Å². The van der Waals surface area contributed by atoms with E-state index in [-0.39, 0.29) is 42.6 Å². The van der Waals surface area contributed by atoms with Crippen LogP contribution in [-0.4, -0.2) is 23.5 Å². The summed E-state index contributed by atoms with van der Waals surface area (Å²) in [5.41, 5.74) is 7.13. The first-order chi connectivity index (χ1) is 9.97. The van der Waals surface area contributed by atoms with E-state index < -0.39 is 0 Å². The predicted molar refractivity (Wildman–Crippen MR) is 97.3 cm³/mol. The summed E-state index contributed by atoms with van der Waals surface area (Å²) in [4.78, 5) is 17.1. The van der Waals surface area contributed by atoms with Gasteiger partial charge in [-0.05, 0) is 44.5 Å². The Hall–Kier alpha value is -1.21. The fraction of sp³-hybridized carbons (Fsp3) is 0.333. The Morgan fingerprint density at radius 3 is 2.52 bits per heavy atom. The van der Waals surface area contributed by atoms with Crippen molar-refractivity contribution in [2.24, 2.45) is 5.73 Å². The van der Waals surface area contributed by atoms with E-state index in [1.54, 1.807) is 19.1 Å². The number of nitrogens with one attached hydrogen (secondary N) is 1. The summed E-state index contributed by atoms with van der Waals surface area (Å²) < 4.78 is 12.9. The third-order valence-electron chi connectivity index (χ3n) is 2.98. The predicted octanol–water partition coefficient (Wildman–Crippen LogP) is 3.57. The van der Waals surface area contributed by atoms with E-state index in [1.165, 1.54) is 23.5 Å². The Morgan fingerprint density at radius 2 is 1.96 bits per heavy atom. The molecule has 1 heterocycles. The molecule has 4 nitrogen and oxygen atoms in total. The molecule has 0 aliphatic carbocycles.